The first-order valence-corrected chi connectivity index (χ1v) is 12.1. The van der Waals surface area contributed by atoms with Crippen LogP contribution >= 0.6 is 11.6 Å². The molecule has 0 fully saturated rings. The number of allylic oxidation sites excluding steroid dienone is 6. The van der Waals surface area contributed by atoms with E-state index >= 15 is 0 Å². The highest BCUT2D eigenvalue weighted by molar-refractivity contribution is 6.84. The zero-order chi connectivity index (χ0) is 16.3. The molecule has 0 amide bonds. The molecule has 0 saturated carbocycles. The maximum absolute atomic E-state index is 12.4. The molecule has 0 atom stereocenters. The standard InChI is InChI=1S/C18H25ClO2Si/c1-22(2,3)18(15-8-4-5-9-16(15)20)14-11-13(7-6-10-19)17(21)12-14/h8,11H,4-7,9-10,12H2,1-3H3/b18-14-. The molecule has 0 aromatic rings. The second kappa shape index (κ2) is 7.09. The number of ketones is 2. The van der Waals surface area contributed by atoms with Crippen LogP contribution in [-0.4, -0.2) is 25.5 Å². The molecule has 0 aromatic heterocycles. The molecule has 0 spiro atoms. The molecule has 0 aliphatic heterocycles. The molecule has 0 aromatic carbocycles. The Hall–Kier alpha value is -0.933. The molecule has 0 N–H and O–H groups in total. The molecule has 0 saturated heterocycles. The van der Waals surface area contributed by atoms with Crippen molar-refractivity contribution in [3.63, 3.8) is 0 Å². The minimum absolute atomic E-state index is 0.208. The van der Waals surface area contributed by atoms with E-state index in [1.165, 1.54) is 5.20 Å². The molecule has 0 radical (unpaired) electrons. The van der Waals surface area contributed by atoms with Gasteiger partial charge in [-0.05, 0) is 42.0 Å². The van der Waals surface area contributed by atoms with E-state index in [1.807, 2.05) is 6.08 Å². The summed E-state index contributed by atoms with van der Waals surface area (Å²) < 4.78 is 0. The molecule has 0 unspecified atom stereocenters. The van der Waals surface area contributed by atoms with Crippen LogP contribution in [0.3, 0.4) is 0 Å². The topological polar surface area (TPSA) is 34.1 Å². The van der Waals surface area contributed by atoms with Crippen LogP contribution in [0.2, 0.25) is 19.6 Å². The highest BCUT2D eigenvalue weighted by Crippen LogP contribution is 2.36. The van der Waals surface area contributed by atoms with Crippen molar-refractivity contribution in [2.75, 3.05) is 5.88 Å². The molecule has 2 nitrogen and oxygen atoms in total. The van der Waals surface area contributed by atoms with E-state index in [0.717, 1.165) is 42.4 Å². The lowest BCUT2D eigenvalue weighted by Gasteiger charge is -2.27. The van der Waals surface area contributed by atoms with Crippen LogP contribution in [0, 0.1) is 0 Å². The monoisotopic (exact) mass is 336 g/mol. The lowest BCUT2D eigenvalue weighted by Crippen LogP contribution is -2.30. The quantitative estimate of drug-likeness (QED) is 0.536. The van der Waals surface area contributed by atoms with Gasteiger partial charge in [0.25, 0.3) is 0 Å². The fraction of sp³-hybridized carbons (Fsp3) is 0.556. The van der Waals surface area contributed by atoms with Crippen LogP contribution in [0.15, 0.2) is 34.1 Å². The molecule has 2 rings (SSSR count). The zero-order valence-corrected chi connectivity index (χ0v) is 15.6. The molecule has 2 aliphatic carbocycles. The second-order valence-corrected chi connectivity index (χ2v) is 12.5. The summed E-state index contributed by atoms with van der Waals surface area (Å²) in [4.78, 5) is 24.6. The van der Waals surface area contributed by atoms with Crippen molar-refractivity contribution in [3.05, 3.63) is 34.1 Å². The van der Waals surface area contributed by atoms with E-state index in [-0.39, 0.29) is 11.6 Å². The number of alkyl halides is 1. The van der Waals surface area contributed by atoms with Gasteiger partial charge < -0.3 is 0 Å². The Kier molecular flexibility index (Phi) is 5.62. The number of carbonyl (C=O) groups excluding carboxylic acids is 2. The maximum atomic E-state index is 12.4. The number of Topliss-reactive ketones (excluding diaryl/α,β-unsaturated/α-hetero) is 2. The normalized spacial score (nSPS) is 21.8. The van der Waals surface area contributed by atoms with E-state index in [9.17, 15) is 9.59 Å². The highest BCUT2D eigenvalue weighted by Gasteiger charge is 2.32. The average molecular weight is 337 g/mol. The summed E-state index contributed by atoms with van der Waals surface area (Å²) in [6.45, 7) is 6.77. The molecule has 0 bridgehead atoms. The SMILES string of the molecule is C[Si](C)(C)/C(C1=CCCCC1=O)=C1/C=C(CCCCl)C(=O)C1. The van der Waals surface area contributed by atoms with Gasteiger partial charge in [-0.2, -0.15) is 0 Å². The summed E-state index contributed by atoms with van der Waals surface area (Å²) in [5, 5.41) is 1.20. The molecule has 120 valence electrons. The highest BCUT2D eigenvalue weighted by atomic mass is 35.5. The molecular formula is C18H25ClO2Si. The van der Waals surface area contributed by atoms with Gasteiger partial charge >= 0.3 is 0 Å². The summed E-state index contributed by atoms with van der Waals surface area (Å²) in [5.41, 5.74) is 2.88. The number of halogens is 1. The first kappa shape index (κ1) is 17.4. The third kappa shape index (κ3) is 3.88. The van der Waals surface area contributed by atoms with E-state index in [0.29, 0.717) is 18.7 Å². The summed E-state index contributed by atoms with van der Waals surface area (Å²) in [5.74, 6) is 1.04. The Bertz CT molecular complexity index is 576. The van der Waals surface area contributed by atoms with Gasteiger partial charge in [0.15, 0.2) is 11.6 Å². The second-order valence-electron chi connectivity index (χ2n) is 7.15. The first-order chi connectivity index (χ1) is 10.3. The average Bonchev–Trinajstić information content (AvgIpc) is 2.78. The van der Waals surface area contributed by atoms with E-state index < -0.39 is 8.07 Å². The summed E-state index contributed by atoms with van der Waals surface area (Å²) in [7, 11) is -1.70. The lowest BCUT2D eigenvalue weighted by molar-refractivity contribution is -0.116. The molecular weight excluding hydrogens is 312 g/mol. The third-order valence-corrected chi connectivity index (χ3v) is 6.59. The van der Waals surface area contributed by atoms with Crippen molar-refractivity contribution in [2.24, 2.45) is 0 Å². The van der Waals surface area contributed by atoms with Gasteiger partial charge in [0.05, 0.1) is 8.07 Å². The Morgan fingerprint density at radius 1 is 1.23 bits per heavy atom. The van der Waals surface area contributed by atoms with Gasteiger partial charge in [0.2, 0.25) is 0 Å². The van der Waals surface area contributed by atoms with E-state index in [1.54, 1.807) is 0 Å². The van der Waals surface area contributed by atoms with Gasteiger partial charge in [-0.1, -0.05) is 31.8 Å². The van der Waals surface area contributed by atoms with Crippen molar-refractivity contribution < 1.29 is 9.59 Å². The minimum atomic E-state index is -1.70. The number of hydrogen-bond donors (Lipinski definition) is 0. The Balaban J connectivity index is 2.46. The Labute approximate surface area is 139 Å². The first-order valence-electron chi connectivity index (χ1n) is 8.11. The fourth-order valence-electron chi connectivity index (χ4n) is 3.32. The van der Waals surface area contributed by atoms with Crippen molar-refractivity contribution in [1.29, 1.82) is 0 Å². The van der Waals surface area contributed by atoms with Crippen molar-refractivity contribution in [2.45, 2.75) is 58.2 Å². The van der Waals surface area contributed by atoms with Crippen molar-refractivity contribution in [1.82, 2.24) is 0 Å². The van der Waals surface area contributed by atoms with Gasteiger partial charge in [-0.15, -0.1) is 11.6 Å². The summed E-state index contributed by atoms with van der Waals surface area (Å²) in [6, 6.07) is 0. The number of carbonyl (C=O) groups is 2. The Morgan fingerprint density at radius 3 is 2.55 bits per heavy atom. The maximum Gasteiger partial charge on any atom is 0.163 e. The van der Waals surface area contributed by atoms with Crippen LogP contribution in [-0.2, 0) is 9.59 Å². The smallest absolute Gasteiger partial charge is 0.163 e. The number of rotatable bonds is 5. The van der Waals surface area contributed by atoms with Gasteiger partial charge in [0.1, 0.15) is 0 Å². The molecule has 4 heteroatoms. The predicted octanol–water partition coefficient (Wildman–Crippen LogP) is 4.76. The lowest BCUT2D eigenvalue weighted by atomic mass is 9.95. The molecule has 2 aliphatic rings. The minimum Gasteiger partial charge on any atom is -0.294 e. The van der Waals surface area contributed by atoms with Crippen LogP contribution in [0.5, 0.6) is 0 Å². The van der Waals surface area contributed by atoms with Crippen molar-refractivity contribution >= 4 is 31.2 Å². The van der Waals surface area contributed by atoms with Crippen LogP contribution < -0.4 is 0 Å². The van der Waals surface area contributed by atoms with Gasteiger partial charge in [-0.25, -0.2) is 0 Å². The zero-order valence-electron chi connectivity index (χ0n) is 13.8. The third-order valence-electron chi connectivity index (χ3n) is 4.23. The van der Waals surface area contributed by atoms with E-state index in [2.05, 4.69) is 25.7 Å². The van der Waals surface area contributed by atoms with Gasteiger partial charge in [-0.3, -0.25) is 9.59 Å². The largest absolute Gasteiger partial charge is 0.294 e. The van der Waals surface area contributed by atoms with Crippen molar-refractivity contribution in [3.8, 4) is 0 Å². The fourth-order valence-corrected chi connectivity index (χ4v) is 5.62. The summed E-state index contributed by atoms with van der Waals surface area (Å²) in [6.07, 6.45) is 8.75. The predicted molar refractivity (Wildman–Crippen MR) is 95.0 cm³/mol. The molecule has 0 heterocycles. The van der Waals surface area contributed by atoms with Crippen LogP contribution in [0.25, 0.3) is 0 Å². The Morgan fingerprint density at radius 2 is 1.95 bits per heavy atom. The van der Waals surface area contributed by atoms with Gasteiger partial charge in [0, 0.05) is 24.3 Å². The number of hydrogen-bond acceptors (Lipinski definition) is 2. The summed E-state index contributed by atoms with van der Waals surface area (Å²) >= 11 is 5.74. The van der Waals surface area contributed by atoms with Crippen LogP contribution in [0.1, 0.15) is 38.5 Å². The van der Waals surface area contributed by atoms with E-state index in [4.69, 9.17) is 11.6 Å². The van der Waals surface area contributed by atoms with Crippen LogP contribution in [0.4, 0.5) is 0 Å². The molecule has 22 heavy (non-hydrogen) atoms.